The molecule has 0 spiro atoms. The third-order valence-electron chi connectivity index (χ3n) is 3.00. The molecule has 6 heteroatoms. The number of rotatable bonds is 6. The smallest absolute Gasteiger partial charge is 0.280 e. The van der Waals surface area contributed by atoms with Crippen molar-refractivity contribution in [3.8, 4) is 11.5 Å². The van der Waals surface area contributed by atoms with Crippen LogP contribution in [-0.2, 0) is 4.79 Å². The molecule has 0 aliphatic heterocycles. The summed E-state index contributed by atoms with van der Waals surface area (Å²) in [7, 11) is 1.54. The summed E-state index contributed by atoms with van der Waals surface area (Å²) in [6, 6.07) is 14.2. The van der Waals surface area contributed by atoms with Crippen molar-refractivity contribution in [3.05, 3.63) is 59.1 Å². The predicted molar refractivity (Wildman–Crippen MR) is 90.3 cm³/mol. The first kappa shape index (κ1) is 16.8. The molecule has 1 atom stereocenters. The molecule has 0 radical (unpaired) electrons. The van der Waals surface area contributed by atoms with Crippen molar-refractivity contribution in [3.63, 3.8) is 0 Å². The fraction of sp³-hybridized carbons (Fsp3) is 0.176. The van der Waals surface area contributed by atoms with E-state index < -0.39 is 6.10 Å². The van der Waals surface area contributed by atoms with Gasteiger partial charge >= 0.3 is 0 Å². The van der Waals surface area contributed by atoms with Crippen LogP contribution in [-0.4, -0.2) is 25.3 Å². The Morgan fingerprint density at radius 2 is 1.83 bits per heavy atom. The molecule has 0 saturated carbocycles. The van der Waals surface area contributed by atoms with Crippen molar-refractivity contribution < 1.29 is 14.3 Å². The molecule has 2 aromatic carbocycles. The molecule has 0 unspecified atom stereocenters. The van der Waals surface area contributed by atoms with Crippen molar-refractivity contribution in [2.24, 2.45) is 5.10 Å². The summed E-state index contributed by atoms with van der Waals surface area (Å²) in [5, 5.41) is 4.54. The van der Waals surface area contributed by atoms with E-state index in [1.807, 2.05) is 6.07 Å². The van der Waals surface area contributed by atoms with Crippen molar-refractivity contribution in [1.82, 2.24) is 5.43 Å². The largest absolute Gasteiger partial charge is 0.493 e. The van der Waals surface area contributed by atoms with Gasteiger partial charge in [0.15, 0.2) is 17.6 Å². The second-order valence-electron chi connectivity index (χ2n) is 4.70. The molecule has 1 N–H and O–H groups in total. The molecule has 0 heterocycles. The van der Waals surface area contributed by atoms with Gasteiger partial charge in [0, 0.05) is 5.02 Å². The lowest BCUT2D eigenvalue weighted by Crippen LogP contribution is -2.33. The van der Waals surface area contributed by atoms with Gasteiger partial charge < -0.3 is 9.47 Å². The summed E-state index contributed by atoms with van der Waals surface area (Å²) >= 11 is 5.80. The van der Waals surface area contributed by atoms with Gasteiger partial charge in [-0.25, -0.2) is 5.43 Å². The number of halogens is 1. The Labute approximate surface area is 139 Å². The molecule has 2 rings (SSSR count). The maximum atomic E-state index is 12.0. The molecule has 2 aromatic rings. The standard InChI is InChI=1S/C17H17ClN2O3/c1-12(23-16-6-4-3-5-15(16)22-2)17(21)20-19-11-13-7-9-14(18)10-8-13/h3-12H,1-2H3,(H,20,21)/b19-11-/t12-/m0/s1. The van der Waals surface area contributed by atoms with E-state index in [1.165, 1.54) is 6.21 Å². The zero-order valence-electron chi connectivity index (χ0n) is 12.8. The van der Waals surface area contributed by atoms with Gasteiger partial charge in [0.1, 0.15) is 0 Å². The quantitative estimate of drug-likeness (QED) is 0.652. The van der Waals surface area contributed by atoms with Crippen LogP contribution in [0.2, 0.25) is 5.02 Å². The number of benzene rings is 2. The molecule has 0 aromatic heterocycles. The van der Waals surface area contributed by atoms with Crippen LogP contribution in [0.4, 0.5) is 0 Å². The summed E-state index contributed by atoms with van der Waals surface area (Å²) < 4.78 is 10.8. The van der Waals surface area contributed by atoms with Crippen molar-refractivity contribution in [2.75, 3.05) is 7.11 Å². The second-order valence-corrected chi connectivity index (χ2v) is 5.13. The first-order valence-electron chi connectivity index (χ1n) is 6.98. The van der Waals surface area contributed by atoms with Gasteiger partial charge in [-0.1, -0.05) is 35.9 Å². The molecular formula is C17H17ClN2O3. The van der Waals surface area contributed by atoms with Gasteiger partial charge in [-0.2, -0.15) is 5.10 Å². The summed E-state index contributed by atoms with van der Waals surface area (Å²) in [5.74, 6) is 0.706. The van der Waals surface area contributed by atoms with Crippen LogP contribution in [0.5, 0.6) is 11.5 Å². The monoisotopic (exact) mass is 332 g/mol. The summed E-state index contributed by atoms with van der Waals surface area (Å²) in [6.07, 6.45) is 0.818. The third kappa shape index (κ3) is 5.00. The Hall–Kier alpha value is -2.53. The van der Waals surface area contributed by atoms with E-state index in [0.29, 0.717) is 16.5 Å². The highest BCUT2D eigenvalue weighted by atomic mass is 35.5. The highest BCUT2D eigenvalue weighted by Crippen LogP contribution is 2.26. The van der Waals surface area contributed by atoms with Crippen molar-refractivity contribution in [2.45, 2.75) is 13.0 Å². The number of methoxy groups -OCH3 is 1. The zero-order valence-corrected chi connectivity index (χ0v) is 13.6. The lowest BCUT2D eigenvalue weighted by molar-refractivity contribution is -0.127. The first-order chi connectivity index (χ1) is 11.1. The van der Waals surface area contributed by atoms with Crippen LogP contribution in [0.1, 0.15) is 12.5 Å². The minimum absolute atomic E-state index is 0.360. The van der Waals surface area contributed by atoms with E-state index in [9.17, 15) is 4.79 Å². The van der Waals surface area contributed by atoms with E-state index in [1.54, 1.807) is 56.5 Å². The number of ether oxygens (including phenoxy) is 2. The average Bonchev–Trinajstić information content (AvgIpc) is 2.57. The van der Waals surface area contributed by atoms with E-state index in [-0.39, 0.29) is 5.91 Å². The molecular weight excluding hydrogens is 316 g/mol. The number of para-hydroxylation sites is 2. The fourth-order valence-electron chi connectivity index (χ4n) is 1.77. The molecule has 0 bridgehead atoms. The zero-order chi connectivity index (χ0) is 16.7. The molecule has 0 aliphatic rings. The van der Waals surface area contributed by atoms with E-state index in [0.717, 1.165) is 5.56 Å². The van der Waals surface area contributed by atoms with Crippen LogP contribution in [0, 0.1) is 0 Å². The Bertz CT molecular complexity index is 686. The van der Waals surface area contributed by atoms with Crippen LogP contribution in [0.3, 0.4) is 0 Å². The Kier molecular flexibility index (Phi) is 6.00. The molecule has 0 saturated heterocycles. The lowest BCUT2D eigenvalue weighted by atomic mass is 10.2. The van der Waals surface area contributed by atoms with Crippen molar-refractivity contribution >= 4 is 23.7 Å². The number of carbonyl (C=O) groups excluding carboxylic acids is 1. The minimum atomic E-state index is -0.714. The van der Waals surface area contributed by atoms with Gasteiger partial charge in [-0.15, -0.1) is 0 Å². The van der Waals surface area contributed by atoms with E-state index in [4.69, 9.17) is 21.1 Å². The number of nitrogens with zero attached hydrogens (tertiary/aromatic N) is 1. The number of carbonyl (C=O) groups is 1. The first-order valence-corrected chi connectivity index (χ1v) is 7.36. The molecule has 1 amide bonds. The van der Waals surface area contributed by atoms with Gasteiger partial charge in [0.2, 0.25) is 0 Å². The SMILES string of the molecule is COc1ccccc1O[C@@H](C)C(=O)N/N=C\c1ccc(Cl)cc1. The highest BCUT2D eigenvalue weighted by molar-refractivity contribution is 6.30. The summed E-state index contributed by atoms with van der Waals surface area (Å²) in [4.78, 5) is 12.0. The van der Waals surface area contributed by atoms with E-state index >= 15 is 0 Å². The van der Waals surface area contributed by atoms with Gasteiger partial charge in [-0.05, 0) is 36.8 Å². The van der Waals surface area contributed by atoms with Crippen LogP contribution < -0.4 is 14.9 Å². The molecule has 5 nitrogen and oxygen atoms in total. The Morgan fingerprint density at radius 3 is 2.48 bits per heavy atom. The highest BCUT2D eigenvalue weighted by Gasteiger charge is 2.15. The van der Waals surface area contributed by atoms with E-state index in [2.05, 4.69) is 10.5 Å². The van der Waals surface area contributed by atoms with Crippen molar-refractivity contribution in [1.29, 1.82) is 0 Å². The van der Waals surface area contributed by atoms with Gasteiger partial charge in [0.25, 0.3) is 5.91 Å². The molecule has 120 valence electrons. The normalized spacial score (nSPS) is 12.0. The number of hydrogen-bond donors (Lipinski definition) is 1. The Morgan fingerprint density at radius 1 is 1.17 bits per heavy atom. The number of nitrogens with one attached hydrogen (secondary N) is 1. The molecule has 23 heavy (non-hydrogen) atoms. The topological polar surface area (TPSA) is 59.9 Å². The number of hydrazone groups is 1. The summed E-state index contributed by atoms with van der Waals surface area (Å²) in [6.45, 7) is 1.64. The van der Waals surface area contributed by atoms with Crippen LogP contribution >= 0.6 is 11.6 Å². The maximum Gasteiger partial charge on any atom is 0.280 e. The minimum Gasteiger partial charge on any atom is -0.493 e. The average molecular weight is 333 g/mol. The second kappa shape index (κ2) is 8.19. The third-order valence-corrected chi connectivity index (χ3v) is 3.25. The summed E-state index contributed by atoms with van der Waals surface area (Å²) in [5.41, 5.74) is 3.26. The predicted octanol–water partition coefficient (Wildman–Crippen LogP) is 3.27. The van der Waals surface area contributed by atoms with Crippen LogP contribution in [0.15, 0.2) is 53.6 Å². The number of amides is 1. The molecule has 0 fully saturated rings. The van der Waals surface area contributed by atoms with Gasteiger partial charge in [0.05, 0.1) is 13.3 Å². The maximum absolute atomic E-state index is 12.0. The lowest BCUT2D eigenvalue weighted by Gasteiger charge is -2.15. The molecule has 0 aliphatic carbocycles. The van der Waals surface area contributed by atoms with Gasteiger partial charge in [-0.3, -0.25) is 4.79 Å². The number of hydrogen-bond acceptors (Lipinski definition) is 4. The Balaban J connectivity index is 1.91. The fourth-order valence-corrected chi connectivity index (χ4v) is 1.90. The van der Waals surface area contributed by atoms with Crippen LogP contribution in [0.25, 0.3) is 0 Å².